The largest absolute Gasteiger partial charge is 0.481 e. The Hall–Kier alpha value is -1.62. The second kappa shape index (κ2) is 7.66. The molecule has 0 fully saturated rings. The van der Waals surface area contributed by atoms with Crippen molar-refractivity contribution in [1.29, 1.82) is 0 Å². The number of nitrogens with one attached hydrogen (secondary N) is 1. The van der Waals surface area contributed by atoms with Crippen molar-refractivity contribution >= 4 is 5.91 Å². The smallest absolute Gasteiger partial charge is 0.257 e. The number of carbonyl (C=O) groups is 1. The van der Waals surface area contributed by atoms with Gasteiger partial charge in [-0.05, 0) is 31.0 Å². The molecule has 18 heavy (non-hydrogen) atoms. The van der Waals surface area contributed by atoms with Crippen molar-refractivity contribution in [2.45, 2.75) is 13.3 Å². The van der Waals surface area contributed by atoms with E-state index >= 15 is 0 Å². The molecule has 1 N–H and O–H groups in total. The highest BCUT2D eigenvalue weighted by Crippen LogP contribution is 2.17. The molecule has 4 nitrogen and oxygen atoms in total. The quantitative estimate of drug-likeness (QED) is 0.754. The molecule has 0 radical (unpaired) electrons. The van der Waals surface area contributed by atoms with Crippen LogP contribution in [0.25, 0.3) is 0 Å². The molecule has 0 bridgehead atoms. The number of hydrogen-bond donors (Lipinski definition) is 1. The van der Waals surface area contributed by atoms with Gasteiger partial charge in [0.15, 0.2) is 18.2 Å². The molecule has 5 heteroatoms. The summed E-state index contributed by atoms with van der Waals surface area (Å²) in [6, 6.07) is 4.53. The maximum Gasteiger partial charge on any atom is 0.257 e. The number of hydrogen-bond acceptors (Lipinski definition) is 3. The van der Waals surface area contributed by atoms with Crippen molar-refractivity contribution in [3.05, 3.63) is 29.6 Å². The second-order valence-corrected chi connectivity index (χ2v) is 3.92. The monoisotopic (exact) mass is 255 g/mol. The van der Waals surface area contributed by atoms with E-state index in [4.69, 9.17) is 9.47 Å². The van der Waals surface area contributed by atoms with E-state index in [2.05, 4.69) is 5.32 Å². The predicted octanol–water partition coefficient (Wildman–Crippen LogP) is 1.67. The molecular formula is C13H18FNO3. The van der Waals surface area contributed by atoms with Crippen LogP contribution in [0.3, 0.4) is 0 Å². The number of methoxy groups -OCH3 is 1. The van der Waals surface area contributed by atoms with Crippen molar-refractivity contribution < 1.29 is 18.7 Å². The van der Waals surface area contributed by atoms with Gasteiger partial charge in [0.2, 0.25) is 0 Å². The lowest BCUT2D eigenvalue weighted by Gasteiger charge is -2.08. The predicted molar refractivity (Wildman–Crippen MR) is 66.1 cm³/mol. The van der Waals surface area contributed by atoms with Crippen LogP contribution in [0.1, 0.15) is 12.0 Å². The first kappa shape index (κ1) is 14.4. The van der Waals surface area contributed by atoms with E-state index in [9.17, 15) is 9.18 Å². The molecule has 100 valence electrons. The number of amides is 1. The fourth-order valence-corrected chi connectivity index (χ4v) is 1.36. The normalized spacial score (nSPS) is 10.2. The molecule has 1 rings (SSSR count). The van der Waals surface area contributed by atoms with E-state index in [1.807, 2.05) is 6.92 Å². The van der Waals surface area contributed by atoms with Crippen molar-refractivity contribution in [3.63, 3.8) is 0 Å². The van der Waals surface area contributed by atoms with Gasteiger partial charge in [-0.2, -0.15) is 0 Å². The van der Waals surface area contributed by atoms with Gasteiger partial charge in [0.1, 0.15) is 0 Å². The van der Waals surface area contributed by atoms with Crippen LogP contribution in [-0.2, 0) is 9.53 Å². The van der Waals surface area contributed by atoms with Crippen LogP contribution < -0.4 is 10.1 Å². The summed E-state index contributed by atoms with van der Waals surface area (Å²) >= 11 is 0. The summed E-state index contributed by atoms with van der Waals surface area (Å²) in [6.45, 7) is 2.75. The Balaban J connectivity index is 2.31. The average molecular weight is 255 g/mol. The summed E-state index contributed by atoms with van der Waals surface area (Å²) in [4.78, 5) is 11.4. The minimum Gasteiger partial charge on any atom is -0.481 e. The number of aryl methyl sites for hydroxylation is 1. The van der Waals surface area contributed by atoms with Crippen molar-refractivity contribution in [3.8, 4) is 5.75 Å². The lowest BCUT2D eigenvalue weighted by atomic mass is 10.2. The number of carbonyl (C=O) groups excluding carboxylic acids is 1. The number of halogens is 1. The SMILES string of the molecule is COCCCNC(=O)COc1cc(C)ccc1F. The number of ether oxygens (including phenoxy) is 2. The van der Waals surface area contributed by atoms with Gasteiger partial charge in [-0.1, -0.05) is 6.07 Å². The van der Waals surface area contributed by atoms with Crippen LogP contribution in [0, 0.1) is 12.7 Å². The maximum absolute atomic E-state index is 13.3. The van der Waals surface area contributed by atoms with Gasteiger partial charge in [-0.25, -0.2) is 4.39 Å². The summed E-state index contributed by atoms with van der Waals surface area (Å²) < 4.78 is 23.3. The highest BCUT2D eigenvalue weighted by Gasteiger charge is 2.06. The molecule has 0 unspecified atom stereocenters. The molecule has 0 aliphatic heterocycles. The molecule has 0 heterocycles. The van der Waals surface area contributed by atoms with Gasteiger partial charge >= 0.3 is 0 Å². The van der Waals surface area contributed by atoms with Crippen molar-refractivity contribution in [2.75, 3.05) is 26.9 Å². The molecule has 0 saturated carbocycles. The fraction of sp³-hybridized carbons (Fsp3) is 0.462. The molecule has 0 spiro atoms. The maximum atomic E-state index is 13.3. The molecule has 0 saturated heterocycles. The lowest BCUT2D eigenvalue weighted by Crippen LogP contribution is -2.30. The molecular weight excluding hydrogens is 237 g/mol. The van der Waals surface area contributed by atoms with Crippen LogP contribution in [-0.4, -0.2) is 32.8 Å². The Labute approximate surface area is 106 Å². The summed E-state index contributed by atoms with van der Waals surface area (Å²) in [5.74, 6) is -0.637. The van der Waals surface area contributed by atoms with Crippen LogP contribution in [0.4, 0.5) is 4.39 Å². The van der Waals surface area contributed by atoms with Gasteiger partial charge in [0, 0.05) is 20.3 Å². The van der Waals surface area contributed by atoms with E-state index in [1.165, 1.54) is 6.07 Å². The Morgan fingerprint density at radius 2 is 2.22 bits per heavy atom. The van der Waals surface area contributed by atoms with Crippen LogP contribution in [0.2, 0.25) is 0 Å². The second-order valence-electron chi connectivity index (χ2n) is 3.92. The standard InChI is InChI=1S/C13H18FNO3/c1-10-4-5-11(14)12(8-10)18-9-13(16)15-6-3-7-17-2/h4-5,8H,3,6-7,9H2,1-2H3,(H,15,16). The first-order chi connectivity index (χ1) is 8.63. The third-order valence-electron chi connectivity index (χ3n) is 2.29. The average Bonchev–Trinajstić information content (AvgIpc) is 2.36. The van der Waals surface area contributed by atoms with Gasteiger partial charge in [-0.15, -0.1) is 0 Å². The van der Waals surface area contributed by atoms with Crippen LogP contribution in [0.5, 0.6) is 5.75 Å². The highest BCUT2D eigenvalue weighted by atomic mass is 19.1. The first-order valence-electron chi connectivity index (χ1n) is 5.78. The highest BCUT2D eigenvalue weighted by molar-refractivity contribution is 5.77. The number of rotatable bonds is 7. The Morgan fingerprint density at radius 3 is 2.94 bits per heavy atom. The molecule has 0 atom stereocenters. The first-order valence-corrected chi connectivity index (χ1v) is 5.78. The van der Waals surface area contributed by atoms with E-state index in [0.717, 1.165) is 12.0 Å². The Bertz CT molecular complexity index is 396. The van der Waals surface area contributed by atoms with Crippen molar-refractivity contribution in [2.24, 2.45) is 0 Å². The molecule has 0 aliphatic rings. The minimum atomic E-state index is -0.465. The Kier molecular flexibility index (Phi) is 6.14. The lowest BCUT2D eigenvalue weighted by molar-refractivity contribution is -0.123. The summed E-state index contributed by atoms with van der Waals surface area (Å²) in [5.41, 5.74) is 0.881. The summed E-state index contributed by atoms with van der Waals surface area (Å²) in [5, 5.41) is 2.66. The number of benzene rings is 1. The third-order valence-corrected chi connectivity index (χ3v) is 2.29. The minimum absolute atomic E-state index is 0.0991. The van der Waals surface area contributed by atoms with Gasteiger partial charge in [0.25, 0.3) is 5.91 Å². The molecule has 1 amide bonds. The zero-order chi connectivity index (χ0) is 13.4. The van der Waals surface area contributed by atoms with Gasteiger partial charge < -0.3 is 14.8 Å². The molecule has 0 aliphatic carbocycles. The topological polar surface area (TPSA) is 47.6 Å². The molecule has 0 aromatic heterocycles. The summed E-state index contributed by atoms with van der Waals surface area (Å²) in [6.07, 6.45) is 0.737. The van der Waals surface area contributed by atoms with Gasteiger partial charge in [0.05, 0.1) is 0 Å². The Morgan fingerprint density at radius 1 is 1.44 bits per heavy atom. The van der Waals surface area contributed by atoms with Crippen LogP contribution >= 0.6 is 0 Å². The zero-order valence-corrected chi connectivity index (χ0v) is 10.7. The zero-order valence-electron chi connectivity index (χ0n) is 10.7. The van der Waals surface area contributed by atoms with E-state index in [0.29, 0.717) is 13.2 Å². The van der Waals surface area contributed by atoms with E-state index in [1.54, 1.807) is 19.2 Å². The molecule has 1 aromatic carbocycles. The van der Waals surface area contributed by atoms with E-state index < -0.39 is 5.82 Å². The van der Waals surface area contributed by atoms with Crippen molar-refractivity contribution in [1.82, 2.24) is 5.32 Å². The third kappa shape index (κ3) is 5.14. The van der Waals surface area contributed by atoms with Gasteiger partial charge in [-0.3, -0.25) is 4.79 Å². The molecule has 1 aromatic rings. The summed E-state index contributed by atoms with van der Waals surface area (Å²) in [7, 11) is 1.60. The fourth-order valence-electron chi connectivity index (χ4n) is 1.36. The van der Waals surface area contributed by atoms with Crippen LogP contribution in [0.15, 0.2) is 18.2 Å². The van der Waals surface area contributed by atoms with E-state index in [-0.39, 0.29) is 18.3 Å².